The van der Waals surface area contributed by atoms with Crippen LogP contribution in [0.4, 0.5) is 0 Å². The molecular weight excluding hydrogens is 397 g/mol. The Bertz CT molecular complexity index is 1210. The predicted octanol–water partition coefficient (Wildman–Crippen LogP) is 6.73. The molecule has 0 fully saturated rings. The van der Waals surface area contributed by atoms with Crippen LogP contribution in [-0.2, 0) is 6.42 Å². The fourth-order valence-corrected chi connectivity index (χ4v) is 3.50. The molecule has 4 nitrogen and oxygen atoms in total. The Labute approximate surface area is 171 Å². The second-order valence-corrected chi connectivity index (χ2v) is 7.12. The molecule has 28 heavy (non-hydrogen) atoms. The molecule has 0 spiro atoms. The monoisotopic (exact) mass is 411 g/mol. The Morgan fingerprint density at radius 1 is 1.07 bits per heavy atom. The van der Waals surface area contributed by atoms with E-state index in [0.29, 0.717) is 43.7 Å². The van der Waals surface area contributed by atoms with Crippen molar-refractivity contribution in [3.8, 4) is 22.8 Å². The molecule has 2 heterocycles. The molecule has 0 saturated carbocycles. The Hall–Kier alpha value is -2.82. The van der Waals surface area contributed by atoms with Crippen molar-refractivity contribution in [3.05, 3.63) is 75.8 Å². The molecule has 2 aromatic carbocycles. The van der Waals surface area contributed by atoms with Crippen LogP contribution in [0.3, 0.4) is 0 Å². The average molecular weight is 412 g/mol. The minimum atomic E-state index is -1.01. The van der Waals surface area contributed by atoms with E-state index in [9.17, 15) is 9.90 Å². The van der Waals surface area contributed by atoms with Crippen LogP contribution < -0.4 is 0 Å². The number of rotatable bonds is 4. The van der Waals surface area contributed by atoms with Crippen molar-refractivity contribution in [2.75, 3.05) is 0 Å². The van der Waals surface area contributed by atoms with E-state index in [4.69, 9.17) is 27.6 Å². The summed E-state index contributed by atoms with van der Waals surface area (Å²) in [4.78, 5) is 16.4. The fraction of sp³-hybridized carbons (Fsp3) is 0.0909. The highest BCUT2D eigenvalue weighted by Crippen LogP contribution is 2.36. The van der Waals surface area contributed by atoms with Crippen LogP contribution in [0.2, 0.25) is 10.0 Å². The third-order valence-corrected chi connectivity index (χ3v) is 5.41. The van der Waals surface area contributed by atoms with Crippen LogP contribution in [0.5, 0.6) is 0 Å². The second-order valence-electron chi connectivity index (χ2n) is 6.33. The topological polar surface area (TPSA) is 63.3 Å². The van der Waals surface area contributed by atoms with Gasteiger partial charge in [0.15, 0.2) is 5.76 Å². The zero-order valence-corrected chi connectivity index (χ0v) is 16.4. The quantitative estimate of drug-likeness (QED) is 0.404. The van der Waals surface area contributed by atoms with Gasteiger partial charge in [0.05, 0.1) is 21.1 Å². The number of nitrogens with zero attached hydrogens (tertiary/aromatic N) is 1. The fourth-order valence-electron chi connectivity index (χ4n) is 3.11. The number of fused-ring (bicyclic) bond motifs is 1. The Morgan fingerprint density at radius 3 is 2.61 bits per heavy atom. The molecule has 4 rings (SSSR count). The smallest absolute Gasteiger partial charge is 0.336 e. The van der Waals surface area contributed by atoms with E-state index in [1.807, 2.05) is 25.1 Å². The van der Waals surface area contributed by atoms with Gasteiger partial charge in [-0.3, -0.25) is 0 Å². The van der Waals surface area contributed by atoms with Gasteiger partial charge >= 0.3 is 5.97 Å². The van der Waals surface area contributed by atoms with E-state index in [0.717, 1.165) is 12.0 Å². The van der Waals surface area contributed by atoms with Crippen molar-refractivity contribution in [2.24, 2.45) is 0 Å². The van der Waals surface area contributed by atoms with Crippen molar-refractivity contribution >= 4 is 40.1 Å². The summed E-state index contributed by atoms with van der Waals surface area (Å²) < 4.78 is 5.92. The van der Waals surface area contributed by atoms with Gasteiger partial charge in [-0.05, 0) is 54.4 Å². The number of hydrogen-bond acceptors (Lipinski definition) is 3. The highest BCUT2D eigenvalue weighted by molar-refractivity contribution is 6.43. The van der Waals surface area contributed by atoms with E-state index >= 15 is 0 Å². The minimum Gasteiger partial charge on any atom is -0.478 e. The van der Waals surface area contributed by atoms with Gasteiger partial charge in [0, 0.05) is 10.9 Å². The lowest BCUT2D eigenvalue weighted by Gasteiger charge is -2.07. The molecule has 6 heteroatoms. The van der Waals surface area contributed by atoms with Crippen LogP contribution in [-0.4, -0.2) is 16.1 Å². The summed E-state index contributed by atoms with van der Waals surface area (Å²) in [6.07, 6.45) is 0.818. The first-order valence-electron chi connectivity index (χ1n) is 8.69. The molecule has 0 amide bonds. The molecule has 140 valence electrons. The Morgan fingerprint density at radius 2 is 1.86 bits per heavy atom. The minimum absolute atomic E-state index is 0.189. The van der Waals surface area contributed by atoms with E-state index < -0.39 is 5.97 Å². The van der Waals surface area contributed by atoms with E-state index in [2.05, 4.69) is 4.98 Å². The molecule has 0 aliphatic rings. The van der Waals surface area contributed by atoms with Crippen molar-refractivity contribution in [3.63, 3.8) is 0 Å². The number of aryl methyl sites for hydroxylation is 1. The van der Waals surface area contributed by atoms with Gasteiger partial charge in [-0.1, -0.05) is 42.3 Å². The van der Waals surface area contributed by atoms with Gasteiger partial charge in [-0.2, -0.15) is 0 Å². The molecule has 0 aliphatic carbocycles. The van der Waals surface area contributed by atoms with Crippen LogP contribution in [0.1, 0.15) is 22.8 Å². The highest BCUT2D eigenvalue weighted by Gasteiger charge is 2.17. The second kappa shape index (κ2) is 7.30. The zero-order valence-electron chi connectivity index (χ0n) is 14.9. The Balaban J connectivity index is 1.85. The molecule has 0 bridgehead atoms. The number of carbonyl (C=O) groups is 1. The molecule has 0 saturated heterocycles. The number of furan rings is 1. The van der Waals surface area contributed by atoms with Crippen LogP contribution >= 0.6 is 23.2 Å². The van der Waals surface area contributed by atoms with Gasteiger partial charge in [-0.25, -0.2) is 9.78 Å². The number of aromatic carboxylic acids is 1. The van der Waals surface area contributed by atoms with E-state index in [1.54, 1.807) is 30.3 Å². The molecule has 2 aromatic heterocycles. The van der Waals surface area contributed by atoms with Crippen molar-refractivity contribution in [2.45, 2.75) is 13.3 Å². The first kappa shape index (κ1) is 18.5. The summed E-state index contributed by atoms with van der Waals surface area (Å²) in [5.74, 6) is -0.0239. The number of carboxylic acid groups (broad SMARTS) is 1. The summed E-state index contributed by atoms with van der Waals surface area (Å²) in [6.45, 7) is 2.02. The lowest BCUT2D eigenvalue weighted by atomic mass is 10.0. The highest BCUT2D eigenvalue weighted by atomic mass is 35.5. The number of benzene rings is 2. The summed E-state index contributed by atoms with van der Waals surface area (Å²) in [7, 11) is 0. The Kier molecular flexibility index (Phi) is 4.84. The number of carboxylic acids is 1. The van der Waals surface area contributed by atoms with Crippen molar-refractivity contribution in [1.82, 2.24) is 4.98 Å². The number of hydrogen-bond donors (Lipinski definition) is 1. The molecule has 4 aromatic rings. The normalized spacial score (nSPS) is 11.1. The maximum Gasteiger partial charge on any atom is 0.336 e. The molecule has 0 atom stereocenters. The van der Waals surface area contributed by atoms with Gasteiger partial charge in [0.25, 0.3) is 0 Å². The molecule has 1 N–H and O–H groups in total. The summed E-state index contributed by atoms with van der Waals surface area (Å²) in [5.41, 5.74) is 2.95. The first-order chi connectivity index (χ1) is 13.5. The number of pyridine rings is 1. The third kappa shape index (κ3) is 3.26. The van der Waals surface area contributed by atoms with Gasteiger partial charge < -0.3 is 9.52 Å². The predicted molar refractivity (Wildman–Crippen MR) is 111 cm³/mol. The summed E-state index contributed by atoms with van der Waals surface area (Å²) in [5, 5.41) is 11.1. The van der Waals surface area contributed by atoms with Gasteiger partial charge in [-0.15, -0.1) is 0 Å². The number of halogens is 2. The molecule has 0 unspecified atom stereocenters. The van der Waals surface area contributed by atoms with Crippen molar-refractivity contribution < 1.29 is 14.3 Å². The lowest BCUT2D eigenvalue weighted by Crippen LogP contribution is -2.00. The van der Waals surface area contributed by atoms with Gasteiger partial charge in [0.1, 0.15) is 11.5 Å². The maximum absolute atomic E-state index is 11.8. The zero-order chi connectivity index (χ0) is 19.8. The SMILES string of the molecule is CCc1ccc2nc(-c3ccc(-c4cccc(Cl)c4Cl)o3)cc(C(=O)O)c2c1. The van der Waals surface area contributed by atoms with Crippen molar-refractivity contribution in [1.29, 1.82) is 0 Å². The van der Waals surface area contributed by atoms with Crippen LogP contribution in [0, 0.1) is 0 Å². The summed E-state index contributed by atoms with van der Waals surface area (Å²) >= 11 is 12.4. The lowest BCUT2D eigenvalue weighted by molar-refractivity contribution is 0.0699. The van der Waals surface area contributed by atoms with Crippen LogP contribution in [0.25, 0.3) is 33.7 Å². The maximum atomic E-state index is 11.8. The first-order valence-corrected chi connectivity index (χ1v) is 9.45. The molecule has 0 aliphatic heterocycles. The molecule has 0 radical (unpaired) electrons. The number of aromatic nitrogens is 1. The largest absolute Gasteiger partial charge is 0.478 e. The average Bonchev–Trinajstić information content (AvgIpc) is 3.18. The third-order valence-electron chi connectivity index (χ3n) is 4.59. The van der Waals surface area contributed by atoms with E-state index in [-0.39, 0.29) is 5.56 Å². The van der Waals surface area contributed by atoms with Gasteiger partial charge in [0.2, 0.25) is 0 Å². The summed E-state index contributed by atoms with van der Waals surface area (Å²) in [6, 6.07) is 16.0. The van der Waals surface area contributed by atoms with Crippen LogP contribution in [0.15, 0.2) is 59.0 Å². The van der Waals surface area contributed by atoms with E-state index in [1.165, 1.54) is 6.07 Å². The standard InChI is InChI=1S/C22H15Cl2NO3/c1-2-12-6-7-17-14(10-12)15(22(26)27)11-18(25-17)20-9-8-19(28-20)13-4-3-5-16(23)21(13)24/h3-11H,2H2,1H3,(H,26,27). The molecular formula is C22H15Cl2NO3.